The van der Waals surface area contributed by atoms with Gasteiger partial charge in [0.25, 0.3) is 0 Å². The van der Waals surface area contributed by atoms with E-state index in [0.29, 0.717) is 23.0 Å². The minimum atomic E-state index is -1.94. The molecule has 0 bridgehead atoms. The summed E-state index contributed by atoms with van der Waals surface area (Å²) in [5.74, 6) is 0. The lowest BCUT2D eigenvalue weighted by Gasteiger charge is -2.47. The number of rotatable bonds is 5. The van der Waals surface area contributed by atoms with Gasteiger partial charge in [0, 0.05) is 13.1 Å². The summed E-state index contributed by atoms with van der Waals surface area (Å²) in [6, 6.07) is -0.0214. The van der Waals surface area contributed by atoms with Crippen molar-refractivity contribution in [1.29, 1.82) is 0 Å². The van der Waals surface area contributed by atoms with E-state index >= 15 is 0 Å². The SMILES string of the molecule is CC(C)[Si](O[C@@H]1CCN2CC[C@@H](O)[C@@H](O)[C@@H]12)(C(C)C)C(C)C. The van der Waals surface area contributed by atoms with E-state index < -0.39 is 20.5 Å². The summed E-state index contributed by atoms with van der Waals surface area (Å²) in [7, 11) is -1.94. The first-order valence-corrected chi connectivity index (χ1v) is 11.1. The predicted octanol–water partition coefficient (Wildman–Crippen LogP) is 2.75. The third-order valence-corrected chi connectivity index (χ3v) is 12.1. The Hall–Kier alpha value is 0.0569. The first-order chi connectivity index (χ1) is 10.2. The summed E-state index contributed by atoms with van der Waals surface area (Å²) < 4.78 is 6.90. The summed E-state index contributed by atoms with van der Waals surface area (Å²) in [5.41, 5.74) is 1.65. The predicted molar refractivity (Wildman–Crippen MR) is 92.5 cm³/mol. The Labute approximate surface area is 137 Å². The van der Waals surface area contributed by atoms with Gasteiger partial charge in [-0.05, 0) is 29.5 Å². The van der Waals surface area contributed by atoms with Crippen molar-refractivity contribution < 1.29 is 14.6 Å². The van der Waals surface area contributed by atoms with Crippen LogP contribution in [0.2, 0.25) is 16.6 Å². The number of aliphatic hydroxyl groups is 2. The van der Waals surface area contributed by atoms with Gasteiger partial charge in [-0.2, -0.15) is 0 Å². The maximum atomic E-state index is 10.5. The summed E-state index contributed by atoms with van der Waals surface area (Å²) >= 11 is 0. The number of hydrogen-bond acceptors (Lipinski definition) is 4. The highest BCUT2D eigenvalue weighted by molar-refractivity contribution is 6.77. The molecular weight excluding hydrogens is 294 g/mol. The van der Waals surface area contributed by atoms with Crippen molar-refractivity contribution in [2.45, 2.75) is 95.4 Å². The smallest absolute Gasteiger partial charge is 0.200 e. The Balaban J connectivity index is 2.23. The highest BCUT2D eigenvalue weighted by Crippen LogP contribution is 2.45. The molecule has 0 aromatic carbocycles. The van der Waals surface area contributed by atoms with E-state index in [4.69, 9.17) is 4.43 Å². The van der Waals surface area contributed by atoms with Gasteiger partial charge in [-0.1, -0.05) is 41.5 Å². The summed E-state index contributed by atoms with van der Waals surface area (Å²) in [6.45, 7) is 15.6. The molecule has 0 aromatic heterocycles. The fourth-order valence-electron chi connectivity index (χ4n) is 5.04. The second-order valence-electron chi connectivity index (χ2n) is 8.14. The third kappa shape index (κ3) is 3.03. The van der Waals surface area contributed by atoms with Crippen LogP contribution >= 0.6 is 0 Å². The van der Waals surface area contributed by atoms with Gasteiger partial charge >= 0.3 is 0 Å². The van der Waals surface area contributed by atoms with Crippen LogP contribution < -0.4 is 0 Å². The van der Waals surface area contributed by atoms with Gasteiger partial charge in [-0.25, -0.2) is 0 Å². The van der Waals surface area contributed by atoms with Crippen molar-refractivity contribution in [2.24, 2.45) is 0 Å². The molecule has 0 spiro atoms. The minimum Gasteiger partial charge on any atom is -0.411 e. The van der Waals surface area contributed by atoms with Crippen LogP contribution in [-0.2, 0) is 4.43 Å². The zero-order valence-corrected chi connectivity index (χ0v) is 16.1. The van der Waals surface area contributed by atoms with Gasteiger partial charge in [-0.3, -0.25) is 4.90 Å². The molecule has 2 saturated heterocycles. The summed E-state index contributed by atoms with van der Waals surface area (Å²) in [5, 5.41) is 20.5. The maximum absolute atomic E-state index is 10.5. The molecule has 0 saturated carbocycles. The van der Waals surface area contributed by atoms with Crippen molar-refractivity contribution in [3.63, 3.8) is 0 Å². The fraction of sp³-hybridized carbons (Fsp3) is 1.00. The van der Waals surface area contributed by atoms with Gasteiger partial charge < -0.3 is 14.6 Å². The summed E-state index contributed by atoms with van der Waals surface area (Å²) in [4.78, 5) is 2.32. The highest BCUT2D eigenvalue weighted by atomic mass is 28.4. The van der Waals surface area contributed by atoms with Crippen LogP contribution in [-0.4, -0.2) is 60.9 Å². The van der Waals surface area contributed by atoms with E-state index in [9.17, 15) is 10.2 Å². The molecule has 130 valence electrons. The van der Waals surface area contributed by atoms with Gasteiger partial charge in [0.15, 0.2) is 0 Å². The number of nitrogens with zero attached hydrogens (tertiary/aromatic N) is 1. The third-order valence-electron chi connectivity index (χ3n) is 6.02. The van der Waals surface area contributed by atoms with Crippen molar-refractivity contribution >= 4 is 8.32 Å². The normalized spacial score (nSPS) is 34.0. The van der Waals surface area contributed by atoms with Crippen molar-refractivity contribution in [2.75, 3.05) is 13.1 Å². The van der Waals surface area contributed by atoms with E-state index in [-0.39, 0.29) is 12.1 Å². The Bertz CT molecular complexity index is 353. The Kier molecular flexibility index (Phi) is 5.76. The molecule has 4 atom stereocenters. The molecule has 0 aliphatic carbocycles. The van der Waals surface area contributed by atoms with E-state index in [1.54, 1.807) is 0 Å². The lowest BCUT2D eigenvalue weighted by atomic mass is 9.95. The molecule has 0 unspecified atom stereocenters. The molecule has 2 aliphatic rings. The first kappa shape index (κ1) is 18.4. The van der Waals surface area contributed by atoms with E-state index in [2.05, 4.69) is 46.4 Å². The number of aliphatic hydroxyl groups excluding tert-OH is 2. The van der Waals surface area contributed by atoms with Crippen LogP contribution in [0, 0.1) is 0 Å². The molecule has 4 nitrogen and oxygen atoms in total. The molecule has 22 heavy (non-hydrogen) atoms. The molecule has 0 radical (unpaired) electrons. The monoisotopic (exact) mass is 329 g/mol. The topological polar surface area (TPSA) is 52.9 Å². The van der Waals surface area contributed by atoms with Crippen LogP contribution in [0.25, 0.3) is 0 Å². The molecule has 2 aliphatic heterocycles. The second-order valence-corrected chi connectivity index (χ2v) is 13.5. The zero-order valence-electron chi connectivity index (χ0n) is 15.1. The van der Waals surface area contributed by atoms with Gasteiger partial charge in [-0.15, -0.1) is 0 Å². The lowest BCUT2D eigenvalue weighted by Crippen LogP contribution is -2.59. The lowest BCUT2D eigenvalue weighted by molar-refractivity contribution is -0.0844. The highest BCUT2D eigenvalue weighted by Gasteiger charge is 2.52. The minimum absolute atomic E-state index is 0.0214. The van der Waals surface area contributed by atoms with Crippen LogP contribution in [0.15, 0.2) is 0 Å². The molecule has 0 aromatic rings. The molecule has 0 amide bonds. The second kappa shape index (κ2) is 6.89. The fourth-order valence-corrected chi connectivity index (χ4v) is 10.6. The molecule has 2 rings (SSSR count). The Morgan fingerprint density at radius 1 is 0.909 bits per heavy atom. The van der Waals surface area contributed by atoms with Crippen molar-refractivity contribution in [3.8, 4) is 0 Å². The number of hydrogen-bond donors (Lipinski definition) is 2. The van der Waals surface area contributed by atoms with E-state index in [1.165, 1.54) is 0 Å². The largest absolute Gasteiger partial charge is 0.411 e. The van der Waals surface area contributed by atoms with Gasteiger partial charge in [0.1, 0.15) is 0 Å². The number of piperidine rings is 1. The molecule has 5 heteroatoms. The molecule has 2 fully saturated rings. The van der Waals surface area contributed by atoms with E-state index in [0.717, 1.165) is 19.5 Å². The van der Waals surface area contributed by atoms with Crippen LogP contribution in [0.5, 0.6) is 0 Å². The van der Waals surface area contributed by atoms with Crippen molar-refractivity contribution in [3.05, 3.63) is 0 Å². The van der Waals surface area contributed by atoms with Crippen LogP contribution in [0.1, 0.15) is 54.4 Å². The quantitative estimate of drug-likeness (QED) is 0.762. The average Bonchev–Trinajstić information content (AvgIpc) is 2.82. The Morgan fingerprint density at radius 3 is 1.91 bits per heavy atom. The van der Waals surface area contributed by atoms with Gasteiger partial charge in [0.05, 0.1) is 24.4 Å². The first-order valence-electron chi connectivity index (χ1n) is 8.99. The molecular formula is C17H35NO3Si. The standard InChI is InChI=1S/C17H35NO3Si/c1-11(2)22(12(3)4,13(5)6)21-15-8-10-18-9-7-14(19)17(20)16(15)18/h11-17,19-20H,7-10H2,1-6H3/t14-,15-,16-,17-/m1/s1. The molecule has 2 heterocycles. The van der Waals surface area contributed by atoms with E-state index in [1.807, 2.05) is 0 Å². The van der Waals surface area contributed by atoms with Gasteiger partial charge in [0.2, 0.25) is 8.32 Å². The molecule has 2 N–H and O–H groups in total. The maximum Gasteiger partial charge on any atom is 0.200 e. The van der Waals surface area contributed by atoms with Crippen LogP contribution in [0.4, 0.5) is 0 Å². The average molecular weight is 330 g/mol. The van der Waals surface area contributed by atoms with Crippen molar-refractivity contribution in [1.82, 2.24) is 4.90 Å². The Morgan fingerprint density at radius 2 is 1.41 bits per heavy atom. The summed E-state index contributed by atoms with van der Waals surface area (Å²) in [6.07, 6.45) is 0.461. The van der Waals surface area contributed by atoms with Crippen LogP contribution in [0.3, 0.4) is 0 Å². The zero-order chi connectivity index (χ0) is 16.7. The number of fused-ring (bicyclic) bond motifs is 1.